The number of fused-ring (bicyclic) bond motifs is 2. The Morgan fingerprint density at radius 2 is 0.750 bits per heavy atom. The van der Waals surface area contributed by atoms with Crippen molar-refractivity contribution < 1.29 is 28.7 Å². The van der Waals surface area contributed by atoms with E-state index in [1.165, 1.54) is 0 Å². The minimum atomic E-state index is -0.397. The quantitative estimate of drug-likeness (QED) is 0.561. The Hall–Kier alpha value is -4.46. The zero-order chi connectivity index (χ0) is 22.2. The van der Waals surface area contributed by atoms with Gasteiger partial charge in [0.2, 0.25) is 0 Å². The fourth-order valence-electron chi connectivity index (χ4n) is 3.62. The van der Waals surface area contributed by atoms with Gasteiger partial charge in [0.15, 0.2) is 13.5 Å². The van der Waals surface area contributed by atoms with E-state index in [2.05, 4.69) is 0 Å². The van der Waals surface area contributed by atoms with E-state index in [-0.39, 0.29) is 13.5 Å². The molecular weight excluding hydrogens is 412 g/mol. The predicted molar refractivity (Wildman–Crippen MR) is 111 cm³/mol. The van der Waals surface area contributed by atoms with Crippen molar-refractivity contribution in [3.8, 4) is 11.5 Å². The summed E-state index contributed by atoms with van der Waals surface area (Å²) in [7, 11) is 0. The molecule has 2 aliphatic rings. The Bertz CT molecular complexity index is 1100. The van der Waals surface area contributed by atoms with E-state index >= 15 is 0 Å². The lowest BCUT2D eigenvalue weighted by Gasteiger charge is -2.16. The molecule has 0 radical (unpaired) electrons. The van der Waals surface area contributed by atoms with Crippen molar-refractivity contribution in [1.82, 2.24) is 9.80 Å². The van der Waals surface area contributed by atoms with Gasteiger partial charge < -0.3 is 9.47 Å². The lowest BCUT2D eigenvalue weighted by atomic mass is 10.1. The number of hydrogen-bond acceptors (Lipinski definition) is 6. The van der Waals surface area contributed by atoms with Crippen molar-refractivity contribution in [2.24, 2.45) is 0 Å². The molecule has 4 amide bonds. The second kappa shape index (κ2) is 7.66. The van der Waals surface area contributed by atoms with Gasteiger partial charge in [0, 0.05) is 0 Å². The van der Waals surface area contributed by atoms with E-state index in [1.54, 1.807) is 72.8 Å². The lowest BCUT2D eigenvalue weighted by molar-refractivity contribution is 0.0501. The number of amides is 4. The van der Waals surface area contributed by atoms with Crippen LogP contribution in [0.25, 0.3) is 0 Å². The Morgan fingerprint density at radius 3 is 1.03 bits per heavy atom. The molecular formula is C24H16N2O6. The third kappa shape index (κ3) is 3.18. The first-order chi connectivity index (χ1) is 15.5. The molecule has 5 rings (SSSR count). The van der Waals surface area contributed by atoms with Crippen LogP contribution in [0, 0.1) is 0 Å². The topological polar surface area (TPSA) is 93.2 Å². The van der Waals surface area contributed by atoms with Gasteiger partial charge in [-0.05, 0) is 48.5 Å². The van der Waals surface area contributed by atoms with Crippen LogP contribution in [0.4, 0.5) is 0 Å². The summed E-state index contributed by atoms with van der Waals surface area (Å²) in [4.78, 5) is 51.6. The molecule has 0 bridgehead atoms. The summed E-state index contributed by atoms with van der Waals surface area (Å²) in [6.45, 7) is -0.441. The molecule has 0 aliphatic carbocycles. The van der Waals surface area contributed by atoms with Crippen molar-refractivity contribution in [3.63, 3.8) is 0 Å². The smallest absolute Gasteiger partial charge is 0.264 e. The van der Waals surface area contributed by atoms with Gasteiger partial charge in [0.1, 0.15) is 11.5 Å². The largest absolute Gasteiger partial charge is 0.473 e. The predicted octanol–water partition coefficient (Wildman–Crippen LogP) is 2.95. The first-order valence-electron chi connectivity index (χ1n) is 9.81. The average Bonchev–Trinajstić information content (AvgIpc) is 3.22. The second-order valence-corrected chi connectivity index (χ2v) is 7.19. The van der Waals surface area contributed by atoms with Crippen LogP contribution in [0.5, 0.6) is 11.5 Å². The van der Waals surface area contributed by atoms with Crippen molar-refractivity contribution in [1.29, 1.82) is 0 Å². The van der Waals surface area contributed by atoms with E-state index in [9.17, 15) is 19.2 Å². The molecule has 0 aromatic heterocycles. The fourth-order valence-corrected chi connectivity index (χ4v) is 3.62. The molecule has 0 saturated heterocycles. The normalized spacial score (nSPS) is 14.6. The standard InChI is InChI=1S/C24H16N2O6/c27-21-17-5-1-2-6-18(17)22(28)25(21)13-31-15-9-11-16(12-10-15)32-14-26-23(29)19-7-3-4-8-20(19)24(26)30/h1-12H,13-14H2. The van der Waals surface area contributed by atoms with Gasteiger partial charge in [-0.2, -0.15) is 0 Å². The molecule has 8 heteroatoms. The van der Waals surface area contributed by atoms with Crippen molar-refractivity contribution >= 4 is 23.6 Å². The summed E-state index contributed by atoms with van der Waals surface area (Å²) in [5.74, 6) is -0.736. The molecule has 8 nitrogen and oxygen atoms in total. The third-order valence-electron chi connectivity index (χ3n) is 5.30. The summed E-state index contributed by atoms with van der Waals surface area (Å²) in [6.07, 6.45) is 0. The first kappa shape index (κ1) is 19.5. The summed E-state index contributed by atoms with van der Waals surface area (Å²) in [5, 5.41) is 0. The molecule has 0 N–H and O–H groups in total. The zero-order valence-electron chi connectivity index (χ0n) is 16.7. The molecule has 158 valence electrons. The highest BCUT2D eigenvalue weighted by atomic mass is 16.5. The Balaban J connectivity index is 1.18. The van der Waals surface area contributed by atoms with Crippen molar-refractivity contribution in [2.75, 3.05) is 13.5 Å². The molecule has 0 saturated carbocycles. The van der Waals surface area contributed by atoms with E-state index in [4.69, 9.17) is 9.47 Å². The Kier molecular flexibility index (Phi) is 4.67. The number of ether oxygens (including phenoxy) is 2. The fraction of sp³-hybridized carbons (Fsp3) is 0.0833. The maximum absolute atomic E-state index is 12.4. The van der Waals surface area contributed by atoms with Gasteiger partial charge in [0.05, 0.1) is 22.3 Å². The second-order valence-electron chi connectivity index (χ2n) is 7.19. The van der Waals surface area contributed by atoms with E-state index in [1.807, 2.05) is 0 Å². The number of nitrogens with zero attached hydrogens (tertiary/aromatic N) is 2. The van der Waals surface area contributed by atoms with Crippen LogP contribution in [0.2, 0.25) is 0 Å². The van der Waals surface area contributed by atoms with Crippen LogP contribution < -0.4 is 9.47 Å². The van der Waals surface area contributed by atoms with E-state index < -0.39 is 23.6 Å². The highest BCUT2D eigenvalue weighted by Crippen LogP contribution is 2.25. The molecule has 3 aromatic rings. The molecule has 3 aromatic carbocycles. The molecule has 2 heterocycles. The maximum atomic E-state index is 12.4. The van der Waals surface area contributed by atoms with Crippen LogP contribution in [0.15, 0.2) is 72.8 Å². The van der Waals surface area contributed by atoms with E-state index in [0.29, 0.717) is 33.8 Å². The van der Waals surface area contributed by atoms with Gasteiger partial charge in [-0.15, -0.1) is 0 Å². The Morgan fingerprint density at radius 1 is 0.469 bits per heavy atom. The molecule has 0 atom stereocenters. The minimum absolute atomic E-state index is 0.221. The number of rotatable bonds is 6. The molecule has 0 spiro atoms. The number of imide groups is 2. The highest BCUT2D eigenvalue weighted by Gasteiger charge is 2.36. The molecule has 0 unspecified atom stereocenters. The lowest BCUT2D eigenvalue weighted by Crippen LogP contribution is -2.33. The summed E-state index contributed by atoms with van der Waals surface area (Å²) < 4.78 is 11.2. The summed E-state index contributed by atoms with van der Waals surface area (Å²) in [5.41, 5.74) is 1.44. The maximum Gasteiger partial charge on any atom is 0.264 e. The summed E-state index contributed by atoms with van der Waals surface area (Å²) in [6, 6.07) is 19.7. The number of carbonyl (C=O) groups is 4. The van der Waals surface area contributed by atoms with Crippen LogP contribution in [-0.4, -0.2) is 46.9 Å². The van der Waals surface area contributed by atoms with E-state index in [0.717, 1.165) is 9.80 Å². The monoisotopic (exact) mass is 428 g/mol. The molecule has 2 aliphatic heterocycles. The number of carbonyl (C=O) groups excluding carboxylic acids is 4. The van der Waals surface area contributed by atoms with Crippen LogP contribution >= 0.6 is 0 Å². The highest BCUT2D eigenvalue weighted by molar-refractivity contribution is 6.21. The van der Waals surface area contributed by atoms with Crippen LogP contribution in [-0.2, 0) is 0 Å². The van der Waals surface area contributed by atoms with Crippen molar-refractivity contribution in [3.05, 3.63) is 95.1 Å². The van der Waals surface area contributed by atoms with Crippen molar-refractivity contribution in [2.45, 2.75) is 0 Å². The first-order valence-corrected chi connectivity index (χ1v) is 9.81. The number of benzene rings is 3. The minimum Gasteiger partial charge on any atom is -0.473 e. The van der Waals surface area contributed by atoms with Gasteiger partial charge in [0.25, 0.3) is 23.6 Å². The number of hydrogen-bond donors (Lipinski definition) is 0. The SMILES string of the molecule is O=C1c2ccccc2C(=O)N1COc1ccc(OCN2C(=O)c3ccccc3C2=O)cc1. The zero-order valence-corrected chi connectivity index (χ0v) is 16.7. The average molecular weight is 428 g/mol. The van der Waals surface area contributed by atoms with Gasteiger partial charge in [-0.25, -0.2) is 9.80 Å². The van der Waals surface area contributed by atoms with Gasteiger partial charge in [-0.3, -0.25) is 19.2 Å². The Labute approximate surface area is 182 Å². The van der Waals surface area contributed by atoms with Gasteiger partial charge in [-0.1, -0.05) is 24.3 Å². The molecule has 0 fully saturated rings. The van der Waals surface area contributed by atoms with Crippen LogP contribution in [0.3, 0.4) is 0 Å². The third-order valence-corrected chi connectivity index (χ3v) is 5.30. The molecule has 32 heavy (non-hydrogen) atoms. The summed E-state index contributed by atoms with van der Waals surface area (Å²) >= 11 is 0. The van der Waals surface area contributed by atoms with Crippen LogP contribution in [0.1, 0.15) is 41.4 Å². The van der Waals surface area contributed by atoms with Gasteiger partial charge >= 0.3 is 0 Å².